The molecule has 1 N–H and O–H groups in total. The van der Waals surface area contributed by atoms with Crippen molar-refractivity contribution in [3.63, 3.8) is 0 Å². The zero-order valence-corrected chi connectivity index (χ0v) is 19.8. The van der Waals surface area contributed by atoms with E-state index >= 15 is 0 Å². The Hall–Kier alpha value is -1.83. The number of benzene rings is 2. The predicted octanol–water partition coefficient (Wildman–Crippen LogP) is 6.55. The SMILES string of the molecule is Cc1nc2c(s1)C(c1cccc(Cl)c1Cl)N(C(=O)c1cc(Cl)c(Cl)cc1C(=O)O)CC2. The van der Waals surface area contributed by atoms with E-state index in [1.54, 1.807) is 23.1 Å². The Balaban J connectivity index is 1.89. The number of hydrogen-bond acceptors (Lipinski definition) is 4. The molecule has 1 unspecified atom stereocenters. The molecule has 0 saturated carbocycles. The van der Waals surface area contributed by atoms with Crippen molar-refractivity contribution < 1.29 is 14.7 Å². The Kier molecular flexibility index (Phi) is 6.21. The molecule has 1 amide bonds. The maximum absolute atomic E-state index is 13.7. The predicted molar refractivity (Wildman–Crippen MR) is 123 cm³/mol. The quantitative estimate of drug-likeness (QED) is 0.429. The second-order valence-electron chi connectivity index (χ2n) is 6.96. The average Bonchev–Trinajstić information content (AvgIpc) is 3.10. The topological polar surface area (TPSA) is 70.5 Å². The van der Waals surface area contributed by atoms with Crippen LogP contribution in [0.5, 0.6) is 0 Å². The van der Waals surface area contributed by atoms with Crippen LogP contribution >= 0.6 is 57.7 Å². The molecule has 1 aromatic heterocycles. The molecule has 0 spiro atoms. The number of amides is 1. The van der Waals surface area contributed by atoms with Crippen molar-refractivity contribution in [2.45, 2.75) is 19.4 Å². The lowest BCUT2D eigenvalue weighted by Gasteiger charge is -2.36. The minimum absolute atomic E-state index is 0.0465. The highest BCUT2D eigenvalue weighted by Gasteiger charge is 2.37. The van der Waals surface area contributed by atoms with E-state index in [1.807, 2.05) is 6.92 Å². The summed E-state index contributed by atoms with van der Waals surface area (Å²) in [5.41, 5.74) is 1.26. The summed E-state index contributed by atoms with van der Waals surface area (Å²) in [4.78, 5) is 32.5. The largest absolute Gasteiger partial charge is 0.478 e. The Morgan fingerprint density at radius 1 is 1.10 bits per heavy atom. The molecule has 1 aliphatic heterocycles. The van der Waals surface area contributed by atoms with Gasteiger partial charge in [-0.1, -0.05) is 58.5 Å². The van der Waals surface area contributed by atoms with Crippen LogP contribution in [0.3, 0.4) is 0 Å². The van der Waals surface area contributed by atoms with Gasteiger partial charge in [0.05, 0.1) is 52.8 Å². The second-order valence-corrected chi connectivity index (χ2v) is 9.79. The molecule has 31 heavy (non-hydrogen) atoms. The van der Waals surface area contributed by atoms with Crippen molar-refractivity contribution in [1.82, 2.24) is 9.88 Å². The number of carbonyl (C=O) groups excluding carboxylic acids is 1. The summed E-state index contributed by atoms with van der Waals surface area (Å²) in [6.45, 7) is 2.22. The first-order valence-electron chi connectivity index (χ1n) is 9.12. The normalized spacial score (nSPS) is 15.6. The van der Waals surface area contributed by atoms with Crippen LogP contribution in [0.25, 0.3) is 0 Å². The molecule has 10 heteroatoms. The number of carboxylic acids is 1. The maximum atomic E-state index is 13.7. The molecule has 4 rings (SSSR count). The number of nitrogens with zero attached hydrogens (tertiary/aromatic N) is 2. The Morgan fingerprint density at radius 3 is 2.45 bits per heavy atom. The monoisotopic (exact) mass is 514 g/mol. The maximum Gasteiger partial charge on any atom is 0.336 e. The van der Waals surface area contributed by atoms with Crippen LogP contribution in [-0.2, 0) is 6.42 Å². The van der Waals surface area contributed by atoms with Crippen molar-refractivity contribution in [3.05, 3.63) is 82.7 Å². The van der Waals surface area contributed by atoms with Gasteiger partial charge in [0.15, 0.2) is 0 Å². The highest BCUT2D eigenvalue weighted by Crippen LogP contribution is 2.43. The van der Waals surface area contributed by atoms with E-state index in [9.17, 15) is 14.7 Å². The lowest BCUT2D eigenvalue weighted by atomic mass is 9.95. The first-order chi connectivity index (χ1) is 14.7. The lowest BCUT2D eigenvalue weighted by molar-refractivity contribution is 0.0654. The van der Waals surface area contributed by atoms with Crippen LogP contribution in [0.1, 0.15) is 47.9 Å². The number of halogens is 4. The van der Waals surface area contributed by atoms with Crippen LogP contribution in [0, 0.1) is 6.92 Å². The van der Waals surface area contributed by atoms with Gasteiger partial charge in [0.2, 0.25) is 0 Å². The van der Waals surface area contributed by atoms with Crippen LogP contribution < -0.4 is 0 Å². The van der Waals surface area contributed by atoms with E-state index in [-0.39, 0.29) is 21.2 Å². The molecule has 3 aromatic rings. The minimum atomic E-state index is -1.27. The lowest BCUT2D eigenvalue weighted by Crippen LogP contribution is -2.41. The van der Waals surface area contributed by atoms with E-state index in [1.165, 1.54) is 23.5 Å². The van der Waals surface area contributed by atoms with E-state index in [0.29, 0.717) is 28.6 Å². The molecule has 2 heterocycles. The highest BCUT2D eigenvalue weighted by atomic mass is 35.5. The summed E-state index contributed by atoms with van der Waals surface area (Å²) in [6.07, 6.45) is 0.532. The third-order valence-electron chi connectivity index (χ3n) is 5.04. The van der Waals surface area contributed by atoms with E-state index in [2.05, 4.69) is 4.98 Å². The number of aryl methyl sites for hydroxylation is 1. The summed E-state index contributed by atoms with van der Waals surface area (Å²) < 4.78 is 0. The average molecular weight is 516 g/mol. The Labute approximate surface area is 202 Å². The molecule has 1 atom stereocenters. The number of rotatable bonds is 3. The van der Waals surface area contributed by atoms with Gasteiger partial charge in [-0.3, -0.25) is 4.79 Å². The highest BCUT2D eigenvalue weighted by molar-refractivity contribution is 7.11. The van der Waals surface area contributed by atoms with Crippen molar-refractivity contribution in [2.75, 3.05) is 6.54 Å². The zero-order chi connectivity index (χ0) is 22.4. The summed E-state index contributed by atoms with van der Waals surface area (Å²) in [5, 5.41) is 11.3. The molecule has 1 aliphatic rings. The van der Waals surface area contributed by atoms with Crippen LogP contribution in [0.15, 0.2) is 30.3 Å². The summed E-state index contributed by atoms with van der Waals surface area (Å²) in [6, 6.07) is 7.15. The van der Waals surface area contributed by atoms with Gasteiger partial charge in [-0.2, -0.15) is 0 Å². The van der Waals surface area contributed by atoms with Crippen LogP contribution in [0.4, 0.5) is 0 Å². The van der Waals surface area contributed by atoms with Gasteiger partial charge in [-0.05, 0) is 25.1 Å². The van der Waals surface area contributed by atoms with Gasteiger partial charge in [0.1, 0.15) is 0 Å². The van der Waals surface area contributed by atoms with Crippen LogP contribution in [-0.4, -0.2) is 33.4 Å². The fourth-order valence-corrected chi connectivity index (χ4v) is 5.53. The number of fused-ring (bicyclic) bond motifs is 1. The third-order valence-corrected chi connectivity index (χ3v) is 7.66. The van der Waals surface area contributed by atoms with Gasteiger partial charge in [0, 0.05) is 18.5 Å². The molecule has 0 aliphatic carbocycles. The molecule has 160 valence electrons. The molecule has 5 nitrogen and oxygen atoms in total. The van der Waals surface area contributed by atoms with Gasteiger partial charge in [-0.25, -0.2) is 9.78 Å². The van der Waals surface area contributed by atoms with Crippen molar-refractivity contribution >= 4 is 69.6 Å². The number of carboxylic acid groups (broad SMARTS) is 1. The molecule has 0 radical (unpaired) electrons. The minimum Gasteiger partial charge on any atom is -0.478 e. The molecule has 2 aromatic carbocycles. The third kappa shape index (κ3) is 4.03. The smallest absolute Gasteiger partial charge is 0.336 e. The number of carbonyl (C=O) groups is 2. The molecular weight excluding hydrogens is 502 g/mol. The second kappa shape index (κ2) is 8.60. The zero-order valence-electron chi connectivity index (χ0n) is 16.0. The molecule has 0 bridgehead atoms. The van der Waals surface area contributed by atoms with E-state index in [4.69, 9.17) is 46.4 Å². The Morgan fingerprint density at radius 2 is 1.77 bits per heavy atom. The first-order valence-corrected chi connectivity index (χ1v) is 11.4. The number of aromatic nitrogens is 1. The summed E-state index contributed by atoms with van der Waals surface area (Å²) in [5.74, 6) is -1.76. The first kappa shape index (κ1) is 22.4. The van der Waals surface area contributed by atoms with Gasteiger partial charge < -0.3 is 10.0 Å². The fraction of sp³-hybridized carbons (Fsp3) is 0.190. The van der Waals surface area contributed by atoms with Crippen molar-refractivity contribution in [1.29, 1.82) is 0 Å². The van der Waals surface area contributed by atoms with Crippen LogP contribution in [0.2, 0.25) is 20.1 Å². The van der Waals surface area contributed by atoms with Crippen molar-refractivity contribution in [3.8, 4) is 0 Å². The number of aromatic carboxylic acids is 1. The number of thiazole rings is 1. The standard InChI is InChI=1S/C21H14Cl4N2O3S/c1-9-26-16-5-6-27(18(19(16)31-9)10-3-2-4-13(22)17(10)25)20(28)11-7-14(23)15(24)8-12(11)21(29)30/h2-4,7-8,18H,5-6H2,1H3,(H,29,30). The fourth-order valence-electron chi connectivity index (χ4n) is 3.69. The van der Waals surface area contributed by atoms with Gasteiger partial charge in [-0.15, -0.1) is 11.3 Å². The van der Waals surface area contributed by atoms with E-state index in [0.717, 1.165) is 15.6 Å². The summed E-state index contributed by atoms with van der Waals surface area (Å²) >= 11 is 26.4. The molecule has 0 saturated heterocycles. The number of hydrogen-bond donors (Lipinski definition) is 1. The molecular formula is C21H14Cl4N2O3S. The summed E-state index contributed by atoms with van der Waals surface area (Å²) in [7, 11) is 0. The molecule has 0 fully saturated rings. The van der Waals surface area contributed by atoms with Crippen molar-refractivity contribution in [2.24, 2.45) is 0 Å². The van der Waals surface area contributed by atoms with Gasteiger partial charge >= 0.3 is 5.97 Å². The Bertz CT molecular complexity index is 1230. The van der Waals surface area contributed by atoms with Gasteiger partial charge in [0.25, 0.3) is 5.91 Å². The van der Waals surface area contributed by atoms with E-state index < -0.39 is 17.9 Å².